The first-order chi connectivity index (χ1) is 13.5. The van der Waals surface area contributed by atoms with Crippen molar-refractivity contribution in [3.63, 3.8) is 0 Å². The van der Waals surface area contributed by atoms with Crippen LogP contribution < -0.4 is 10.6 Å². The standard InChI is InChI=1S/C22H26N2O5/c1-21(2,3)29-20(28)23-14-15-10-12-16(13-11-15)18(25)24-22(4,19(26)27)17-8-6-5-7-9-17/h5-13H,14H2,1-4H3,(H,23,28)(H,24,25)(H,26,27). The van der Waals surface area contributed by atoms with Crippen molar-refractivity contribution in [1.82, 2.24) is 10.6 Å². The van der Waals surface area contributed by atoms with Crippen molar-refractivity contribution in [2.24, 2.45) is 0 Å². The maximum absolute atomic E-state index is 12.6. The molecule has 29 heavy (non-hydrogen) atoms. The van der Waals surface area contributed by atoms with Crippen LogP contribution in [0.4, 0.5) is 4.79 Å². The number of rotatable bonds is 6. The van der Waals surface area contributed by atoms with Crippen LogP contribution in [0.25, 0.3) is 0 Å². The number of amides is 2. The number of carboxylic acid groups (broad SMARTS) is 1. The molecule has 7 heteroatoms. The summed E-state index contributed by atoms with van der Waals surface area (Å²) in [6.45, 7) is 7.02. The van der Waals surface area contributed by atoms with Crippen molar-refractivity contribution < 1.29 is 24.2 Å². The molecule has 0 saturated heterocycles. The third kappa shape index (κ3) is 6.07. The molecular weight excluding hydrogens is 372 g/mol. The van der Waals surface area contributed by atoms with Crippen molar-refractivity contribution in [1.29, 1.82) is 0 Å². The van der Waals surface area contributed by atoms with Crippen LogP contribution in [-0.2, 0) is 21.6 Å². The molecule has 0 spiro atoms. The van der Waals surface area contributed by atoms with Crippen LogP contribution in [0, 0.1) is 0 Å². The van der Waals surface area contributed by atoms with E-state index in [0.29, 0.717) is 11.1 Å². The van der Waals surface area contributed by atoms with E-state index in [2.05, 4.69) is 10.6 Å². The molecule has 2 aromatic rings. The van der Waals surface area contributed by atoms with E-state index in [-0.39, 0.29) is 6.54 Å². The van der Waals surface area contributed by atoms with E-state index >= 15 is 0 Å². The van der Waals surface area contributed by atoms with Gasteiger partial charge in [-0.15, -0.1) is 0 Å². The molecule has 3 N–H and O–H groups in total. The second kappa shape index (κ2) is 8.77. The zero-order valence-electron chi connectivity index (χ0n) is 17.0. The van der Waals surface area contributed by atoms with E-state index in [1.165, 1.54) is 6.92 Å². The molecule has 0 aliphatic heterocycles. The second-order valence-corrected chi connectivity index (χ2v) is 7.80. The van der Waals surface area contributed by atoms with Crippen LogP contribution in [0.3, 0.4) is 0 Å². The van der Waals surface area contributed by atoms with Gasteiger partial charge >= 0.3 is 12.1 Å². The first-order valence-corrected chi connectivity index (χ1v) is 9.18. The molecule has 0 bridgehead atoms. The van der Waals surface area contributed by atoms with Gasteiger partial charge in [0, 0.05) is 12.1 Å². The number of carbonyl (C=O) groups excluding carboxylic acids is 2. The van der Waals surface area contributed by atoms with Crippen molar-refractivity contribution in [2.75, 3.05) is 0 Å². The van der Waals surface area contributed by atoms with Crippen LogP contribution in [-0.4, -0.2) is 28.7 Å². The molecule has 0 radical (unpaired) electrons. The minimum atomic E-state index is -1.56. The van der Waals surface area contributed by atoms with Gasteiger partial charge < -0.3 is 20.5 Å². The highest BCUT2D eigenvalue weighted by atomic mass is 16.6. The number of nitrogens with one attached hydrogen (secondary N) is 2. The highest BCUT2D eigenvalue weighted by molar-refractivity contribution is 5.98. The Morgan fingerprint density at radius 2 is 1.52 bits per heavy atom. The van der Waals surface area contributed by atoms with E-state index in [1.807, 2.05) is 0 Å². The number of hydrogen-bond acceptors (Lipinski definition) is 4. The zero-order valence-corrected chi connectivity index (χ0v) is 17.0. The average Bonchev–Trinajstić information content (AvgIpc) is 2.66. The Bertz CT molecular complexity index is 872. The third-order valence-electron chi connectivity index (χ3n) is 4.19. The first-order valence-electron chi connectivity index (χ1n) is 9.18. The average molecular weight is 398 g/mol. The maximum atomic E-state index is 12.6. The zero-order chi connectivity index (χ0) is 21.7. The summed E-state index contributed by atoms with van der Waals surface area (Å²) in [6, 6.07) is 15.0. The molecule has 0 aliphatic carbocycles. The summed E-state index contributed by atoms with van der Waals surface area (Å²) in [5.74, 6) is -1.67. The van der Waals surface area contributed by atoms with Crippen LogP contribution in [0.15, 0.2) is 54.6 Å². The minimum absolute atomic E-state index is 0.244. The molecule has 154 valence electrons. The van der Waals surface area contributed by atoms with Gasteiger partial charge in [-0.25, -0.2) is 9.59 Å². The lowest BCUT2D eigenvalue weighted by Gasteiger charge is -2.26. The van der Waals surface area contributed by atoms with Gasteiger partial charge in [-0.1, -0.05) is 42.5 Å². The number of carboxylic acids is 1. The van der Waals surface area contributed by atoms with Gasteiger partial charge in [0.05, 0.1) is 0 Å². The molecule has 7 nitrogen and oxygen atoms in total. The molecule has 0 aliphatic rings. The molecule has 1 unspecified atom stereocenters. The van der Waals surface area contributed by atoms with E-state index < -0.39 is 29.1 Å². The van der Waals surface area contributed by atoms with Gasteiger partial charge in [0.2, 0.25) is 0 Å². The topological polar surface area (TPSA) is 105 Å². The molecule has 0 aromatic heterocycles. The van der Waals surface area contributed by atoms with Crippen molar-refractivity contribution in [2.45, 2.75) is 45.4 Å². The molecule has 0 fully saturated rings. The number of hydrogen-bond donors (Lipinski definition) is 3. The summed E-state index contributed by atoms with van der Waals surface area (Å²) >= 11 is 0. The Hall–Kier alpha value is -3.35. The van der Waals surface area contributed by atoms with Gasteiger partial charge in [-0.2, -0.15) is 0 Å². The van der Waals surface area contributed by atoms with E-state index in [1.54, 1.807) is 75.4 Å². The highest BCUT2D eigenvalue weighted by Gasteiger charge is 2.37. The number of ether oxygens (including phenoxy) is 1. The van der Waals surface area contributed by atoms with E-state index in [0.717, 1.165) is 5.56 Å². The smallest absolute Gasteiger partial charge is 0.407 e. The largest absolute Gasteiger partial charge is 0.479 e. The van der Waals surface area contributed by atoms with E-state index in [9.17, 15) is 19.5 Å². The number of benzene rings is 2. The van der Waals surface area contributed by atoms with Crippen molar-refractivity contribution >= 4 is 18.0 Å². The molecule has 2 amide bonds. The number of aliphatic carboxylic acids is 1. The van der Waals surface area contributed by atoms with Gasteiger partial charge in [0.25, 0.3) is 5.91 Å². The second-order valence-electron chi connectivity index (χ2n) is 7.80. The number of carbonyl (C=O) groups is 3. The Labute approximate surface area is 170 Å². The summed E-state index contributed by atoms with van der Waals surface area (Å²) in [7, 11) is 0. The normalized spacial score (nSPS) is 13.1. The van der Waals surface area contributed by atoms with Gasteiger partial charge in [0.15, 0.2) is 5.54 Å². The van der Waals surface area contributed by atoms with Gasteiger partial charge in [-0.3, -0.25) is 4.79 Å². The van der Waals surface area contributed by atoms with Crippen LogP contribution >= 0.6 is 0 Å². The molecule has 2 rings (SSSR count). The predicted molar refractivity (Wildman–Crippen MR) is 108 cm³/mol. The number of alkyl carbamates (subject to hydrolysis) is 1. The minimum Gasteiger partial charge on any atom is -0.479 e. The summed E-state index contributed by atoms with van der Waals surface area (Å²) in [6.07, 6.45) is -0.528. The molecule has 1 atom stereocenters. The fourth-order valence-corrected chi connectivity index (χ4v) is 2.58. The Kier molecular flexibility index (Phi) is 6.64. The fraction of sp³-hybridized carbons (Fsp3) is 0.318. The van der Waals surface area contributed by atoms with Gasteiger partial charge in [-0.05, 0) is 51.0 Å². The summed E-state index contributed by atoms with van der Waals surface area (Å²) < 4.78 is 5.17. The van der Waals surface area contributed by atoms with Crippen LogP contribution in [0.1, 0.15) is 49.2 Å². The lowest BCUT2D eigenvalue weighted by molar-refractivity contribution is -0.144. The molecule has 0 saturated carbocycles. The van der Waals surface area contributed by atoms with Crippen molar-refractivity contribution in [3.05, 3.63) is 71.3 Å². The SMILES string of the molecule is CC(C)(C)OC(=O)NCc1ccc(C(=O)NC(C)(C(=O)O)c2ccccc2)cc1. The lowest BCUT2D eigenvalue weighted by atomic mass is 9.91. The van der Waals surface area contributed by atoms with Crippen LogP contribution in [0.2, 0.25) is 0 Å². The quantitative estimate of drug-likeness (QED) is 0.691. The summed E-state index contributed by atoms with van der Waals surface area (Å²) in [4.78, 5) is 36.1. The third-order valence-corrected chi connectivity index (χ3v) is 4.19. The lowest BCUT2D eigenvalue weighted by Crippen LogP contribution is -2.49. The van der Waals surface area contributed by atoms with Crippen molar-refractivity contribution in [3.8, 4) is 0 Å². The first kappa shape index (κ1) is 21.9. The summed E-state index contributed by atoms with van der Waals surface area (Å²) in [5, 5.41) is 14.9. The maximum Gasteiger partial charge on any atom is 0.407 e. The van der Waals surface area contributed by atoms with E-state index in [4.69, 9.17) is 4.74 Å². The molecular formula is C22H26N2O5. The Morgan fingerprint density at radius 1 is 0.931 bits per heavy atom. The van der Waals surface area contributed by atoms with Crippen LogP contribution in [0.5, 0.6) is 0 Å². The Morgan fingerprint density at radius 3 is 2.03 bits per heavy atom. The summed E-state index contributed by atoms with van der Waals surface area (Å²) in [5.41, 5.74) is -0.582. The molecule has 0 heterocycles. The Balaban J connectivity index is 2.04. The monoisotopic (exact) mass is 398 g/mol. The van der Waals surface area contributed by atoms with Gasteiger partial charge in [0.1, 0.15) is 5.60 Å². The molecule has 2 aromatic carbocycles. The fourth-order valence-electron chi connectivity index (χ4n) is 2.58. The predicted octanol–water partition coefficient (Wildman–Crippen LogP) is 3.44. The highest BCUT2D eigenvalue weighted by Crippen LogP contribution is 2.21.